The normalized spacial score (nSPS) is 15.0. The molecule has 0 aliphatic rings. The number of rotatable bonds is 8. The Morgan fingerprint density at radius 3 is 2.56 bits per heavy atom. The van der Waals surface area contributed by atoms with Crippen LogP contribution in [0.25, 0.3) is 0 Å². The zero-order valence-corrected chi connectivity index (χ0v) is 17.7. The van der Waals surface area contributed by atoms with Crippen molar-refractivity contribution in [2.24, 2.45) is 5.92 Å². The van der Waals surface area contributed by atoms with Gasteiger partial charge in [0.25, 0.3) is 0 Å². The molecule has 7 heteroatoms. The summed E-state index contributed by atoms with van der Waals surface area (Å²) in [7, 11) is 1.27. The van der Waals surface area contributed by atoms with Crippen LogP contribution in [0.5, 0.6) is 0 Å². The van der Waals surface area contributed by atoms with Crippen LogP contribution in [0.4, 0.5) is 5.69 Å². The van der Waals surface area contributed by atoms with Crippen molar-refractivity contribution in [1.29, 1.82) is 0 Å². The van der Waals surface area contributed by atoms with E-state index in [-0.39, 0.29) is 6.42 Å². The molecule has 5 nitrogen and oxygen atoms in total. The number of anilines is 1. The first-order chi connectivity index (χ1) is 11.6. The minimum Gasteiger partial charge on any atom is -0.465 e. The first-order valence-corrected chi connectivity index (χ1v) is 9.13. The van der Waals surface area contributed by atoms with E-state index < -0.39 is 23.2 Å². The molecule has 0 spiro atoms. The molecule has 138 valence electrons. The number of nitrogens with one attached hydrogen (secondary N) is 1. The Balaban J connectivity index is 3.55. The molecule has 0 saturated carbocycles. The van der Waals surface area contributed by atoms with Crippen LogP contribution in [-0.2, 0) is 19.1 Å². The van der Waals surface area contributed by atoms with Gasteiger partial charge in [-0.2, -0.15) is 0 Å². The molecular weight excluding hydrogens is 457 g/mol. The topological polar surface area (TPSA) is 64.6 Å². The Bertz CT molecular complexity index is 644. The Morgan fingerprint density at radius 2 is 2.08 bits per heavy atom. The number of hydrogen-bond acceptors (Lipinski definition) is 5. The van der Waals surface area contributed by atoms with E-state index in [0.717, 1.165) is 9.86 Å². The van der Waals surface area contributed by atoms with Gasteiger partial charge in [-0.25, -0.2) is 4.79 Å². The minimum atomic E-state index is -1.62. The molecule has 25 heavy (non-hydrogen) atoms. The molecule has 0 bridgehead atoms. The average Bonchev–Trinajstić information content (AvgIpc) is 2.53. The first-order valence-electron chi connectivity index (χ1n) is 7.67. The molecule has 0 radical (unpaired) electrons. The number of benzene rings is 1. The lowest BCUT2D eigenvalue weighted by molar-refractivity contribution is -0.189. The lowest BCUT2D eigenvalue weighted by atomic mass is 9.91. The van der Waals surface area contributed by atoms with E-state index in [9.17, 15) is 9.59 Å². The second-order valence-electron chi connectivity index (χ2n) is 6.44. The fraction of sp³-hybridized carbons (Fsp3) is 0.444. The van der Waals surface area contributed by atoms with E-state index in [4.69, 9.17) is 21.1 Å². The van der Waals surface area contributed by atoms with E-state index in [2.05, 4.69) is 34.5 Å². The van der Waals surface area contributed by atoms with Crippen LogP contribution in [0.3, 0.4) is 0 Å². The summed E-state index contributed by atoms with van der Waals surface area (Å²) in [6.07, 6.45) is 2.28. The van der Waals surface area contributed by atoms with Crippen molar-refractivity contribution < 1.29 is 19.1 Å². The second-order valence-corrected chi connectivity index (χ2v) is 8.03. The summed E-state index contributed by atoms with van der Waals surface area (Å²) in [6.45, 7) is 9.21. The Labute approximate surface area is 167 Å². The third-order valence-corrected chi connectivity index (χ3v) is 4.54. The maximum atomic E-state index is 12.8. The smallest absolute Gasteiger partial charge is 0.360 e. The molecule has 1 aromatic rings. The van der Waals surface area contributed by atoms with Crippen LogP contribution in [-0.4, -0.2) is 30.7 Å². The summed E-state index contributed by atoms with van der Waals surface area (Å²) in [5.74, 6) is -1.29. The fourth-order valence-electron chi connectivity index (χ4n) is 2.40. The van der Waals surface area contributed by atoms with Crippen molar-refractivity contribution in [3.8, 4) is 0 Å². The monoisotopic (exact) mass is 479 g/mol. The van der Waals surface area contributed by atoms with Gasteiger partial charge in [-0.3, -0.25) is 0 Å². The molecule has 1 aromatic carbocycles. The molecule has 0 fully saturated rings. The van der Waals surface area contributed by atoms with Crippen LogP contribution in [0.1, 0.15) is 27.2 Å². The van der Waals surface area contributed by atoms with Crippen LogP contribution >= 0.6 is 34.2 Å². The fourth-order valence-corrected chi connectivity index (χ4v) is 3.04. The zero-order chi connectivity index (χ0) is 19.3. The molecular formula is C18H23ClINO4. The molecule has 0 heterocycles. The first kappa shape index (κ1) is 21.9. The van der Waals surface area contributed by atoms with Gasteiger partial charge in [0, 0.05) is 20.9 Å². The van der Waals surface area contributed by atoms with Crippen molar-refractivity contribution in [1.82, 2.24) is 0 Å². The number of carbonyl (C=O) groups is 2. The third kappa shape index (κ3) is 5.69. The lowest BCUT2D eigenvalue weighted by Crippen LogP contribution is -2.58. The maximum Gasteiger partial charge on any atom is 0.360 e. The predicted molar refractivity (Wildman–Crippen MR) is 108 cm³/mol. The number of esters is 1. The molecule has 0 aliphatic heterocycles. The van der Waals surface area contributed by atoms with E-state index in [1.807, 2.05) is 26.8 Å². The number of methoxy groups -OCH3 is 1. The zero-order valence-electron chi connectivity index (χ0n) is 14.8. The summed E-state index contributed by atoms with van der Waals surface area (Å²) in [4.78, 5) is 23.9. The summed E-state index contributed by atoms with van der Waals surface area (Å²) in [5, 5.41) is 3.63. The van der Waals surface area contributed by atoms with Crippen LogP contribution < -0.4 is 5.32 Å². The highest BCUT2D eigenvalue weighted by Crippen LogP contribution is 2.35. The van der Waals surface area contributed by atoms with Gasteiger partial charge in [-0.15, -0.1) is 6.58 Å². The van der Waals surface area contributed by atoms with Crippen molar-refractivity contribution in [2.45, 2.75) is 38.5 Å². The largest absolute Gasteiger partial charge is 0.465 e. The minimum absolute atomic E-state index is 0.0405. The van der Waals surface area contributed by atoms with Crippen molar-refractivity contribution >= 4 is 52.1 Å². The number of hydrogen-bond donors (Lipinski definition) is 1. The number of aldehydes is 1. The molecule has 0 saturated heterocycles. The Hall–Kier alpha value is -1.12. The summed E-state index contributed by atoms with van der Waals surface area (Å²) >= 11 is 8.21. The van der Waals surface area contributed by atoms with E-state index in [0.29, 0.717) is 10.7 Å². The van der Waals surface area contributed by atoms with Crippen LogP contribution in [0.2, 0.25) is 5.02 Å². The lowest BCUT2D eigenvalue weighted by Gasteiger charge is -2.42. The van der Waals surface area contributed by atoms with E-state index in [1.165, 1.54) is 13.2 Å². The van der Waals surface area contributed by atoms with Gasteiger partial charge in [0.15, 0.2) is 0 Å². The van der Waals surface area contributed by atoms with E-state index >= 15 is 0 Å². The quantitative estimate of drug-likeness (QED) is 0.196. The number of carbonyl (C=O) groups excluding carboxylic acids is 2. The standard InChI is InChI=1S/C18H23ClINO4/c1-6-12(9-10-22)18(16(23)24-5,25-17(2,3)4)21-15-11-13(19)7-8-14(15)20/h6-8,10-12,21H,1,9H2,2-5H3. The van der Waals surface area contributed by atoms with Gasteiger partial charge in [0.1, 0.15) is 6.29 Å². The molecule has 0 amide bonds. The van der Waals surface area contributed by atoms with E-state index in [1.54, 1.807) is 12.1 Å². The highest BCUT2D eigenvalue weighted by atomic mass is 127. The molecule has 1 N–H and O–H groups in total. The van der Waals surface area contributed by atoms with Gasteiger partial charge >= 0.3 is 5.97 Å². The highest BCUT2D eigenvalue weighted by Gasteiger charge is 2.50. The van der Waals surface area contributed by atoms with Gasteiger partial charge in [-0.1, -0.05) is 17.7 Å². The maximum absolute atomic E-state index is 12.8. The Morgan fingerprint density at radius 1 is 1.44 bits per heavy atom. The summed E-state index contributed by atoms with van der Waals surface area (Å²) < 4.78 is 12.0. The van der Waals surface area contributed by atoms with Crippen LogP contribution in [0.15, 0.2) is 30.9 Å². The summed E-state index contributed by atoms with van der Waals surface area (Å²) in [6, 6.07) is 5.25. The molecule has 1 rings (SSSR count). The van der Waals surface area contributed by atoms with Gasteiger partial charge in [0.2, 0.25) is 5.72 Å². The van der Waals surface area contributed by atoms with Gasteiger partial charge in [-0.05, 0) is 61.6 Å². The molecule has 0 aliphatic carbocycles. The van der Waals surface area contributed by atoms with Crippen molar-refractivity contribution in [2.75, 3.05) is 12.4 Å². The third-order valence-electron chi connectivity index (χ3n) is 3.36. The van der Waals surface area contributed by atoms with Gasteiger partial charge < -0.3 is 19.6 Å². The molecule has 2 atom stereocenters. The SMILES string of the molecule is C=CC(CC=O)C(Nc1cc(Cl)ccc1I)(OC(C)(C)C)C(=O)OC. The average molecular weight is 480 g/mol. The van der Waals surface area contributed by atoms with Crippen molar-refractivity contribution in [3.05, 3.63) is 39.4 Å². The van der Waals surface area contributed by atoms with Crippen LogP contribution in [0, 0.1) is 9.49 Å². The summed E-state index contributed by atoms with van der Waals surface area (Å²) in [5.41, 5.74) is -1.73. The number of halogens is 2. The second kappa shape index (κ2) is 9.00. The van der Waals surface area contributed by atoms with Gasteiger partial charge in [0.05, 0.1) is 18.4 Å². The highest BCUT2D eigenvalue weighted by molar-refractivity contribution is 14.1. The predicted octanol–water partition coefficient (Wildman–Crippen LogP) is 4.43. The molecule has 2 unspecified atom stereocenters. The Kier molecular flexibility index (Phi) is 7.89. The van der Waals surface area contributed by atoms with Crippen molar-refractivity contribution in [3.63, 3.8) is 0 Å². The molecule has 0 aromatic heterocycles. The number of ether oxygens (including phenoxy) is 2.